The van der Waals surface area contributed by atoms with Gasteiger partial charge in [0, 0.05) is 11.1 Å². The molecule has 0 aromatic heterocycles. The second kappa shape index (κ2) is 2.97. The summed E-state index contributed by atoms with van der Waals surface area (Å²) in [6, 6.07) is 8.84. The highest BCUT2D eigenvalue weighted by Gasteiger charge is 2.56. The van der Waals surface area contributed by atoms with Crippen LogP contribution >= 0.6 is 0 Å². The van der Waals surface area contributed by atoms with Gasteiger partial charge in [-0.15, -0.1) is 0 Å². The zero-order valence-corrected chi connectivity index (χ0v) is 10.4. The lowest BCUT2D eigenvalue weighted by Crippen LogP contribution is -2.58. The smallest absolute Gasteiger partial charge is 0.0677 e. The second-order valence-electron chi connectivity index (χ2n) is 5.56. The number of hydrogen-bond donors (Lipinski definition) is 0. The van der Waals surface area contributed by atoms with Gasteiger partial charge in [0.05, 0.1) is 5.54 Å². The van der Waals surface area contributed by atoms with E-state index in [4.69, 9.17) is 4.99 Å². The van der Waals surface area contributed by atoms with Gasteiger partial charge in [-0.1, -0.05) is 38.1 Å². The van der Waals surface area contributed by atoms with E-state index in [1.54, 1.807) is 0 Å². The van der Waals surface area contributed by atoms with Crippen molar-refractivity contribution in [2.24, 2.45) is 4.99 Å². The first-order valence-electron chi connectivity index (χ1n) is 6.29. The molecule has 1 aromatic rings. The lowest BCUT2D eigenvalue weighted by Gasteiger charge is -2.57. The van der Waals surface area contributed by atoms with E-state index in [-0.39, 0.29) is 11.0 Å². The zero-order valence-electron chi connectivity index (χ0n) is 10.4. The summed E-state index contributed by atoms with van der Waals surface area (Å²) in [5, 5.41) is 0. The van der Waals surface area contributed by atoms with Crippen molar-refractivity contribution in [1.29, 1.82) is 0 Å². The summed E-state index contributed by atoms with van der Waals surface area (Å²) >= 11 is 0. The number of benzene rings is 1. The molecule has 0 radical (unpaired) electrons. The Hall–Kier alpha value is -1.11. The Morgan fingerprint density at radius 1 is 1.19 bits per heavy atom. The van der Waals surface area contributed by atoms with Crippen LogP contribution < -0.4 is 0 Å². The monoisotopic (exact) mass is 213 g/mol. The zero-order chi connectivity index (χ0) is 11.4. The Bertz CT molecular complexity index is 474. The maximum atomic E-state index is 5.03. The lowest BCUT2D eigenvalue weighted by molar-refractivity contribution is 0.113. The van der Waals surface area contributed by atoms with Gasteiger partial charge in [0.15, 0.2) is 0 Å². The van der Waals surface area contributed by atoms with Crippen LogP contribution in [0.3, 0.4) is 0 Å². The normalized spacial score (nSPS) is 35.8. The SMILES string of the molecule is CCC1=NC2(C)CCC2(C)c2ccccc21. The van der Waals surface area contributed by atoms with E-state index in [2.05, 4.69) is 45.0 Å². The number of aliphatic imine (C=N–C) groups is 1. The van der Waals surface area contributed by atoms with Crippen LogP contribution in [0.15, 0.2) is 29.3 Å². The topological polar surface area (TPSA) is 12.4 Å². The van der Waals surface area contributed by atoms with E-state index in [1.807, 2.05) is 0 Å². The molecule has 2 aliphatic rings. The maximum absolute atomic E-state index is 5.03. The molecule has 1 aromatic carbocycles. The summed E-state index contributed by atoms with van der Waals surface area (Å²) in [5.74, 6) is 0. The predicted octanol–water partition coefficient (Wildman–Crippen LogP) is 3.71. The molecule has 84 valence electrons. The molecule has 0 spiro atoms. The Morgan fingerprint density at radius 3 is 2.56 bits per heavy atom. The molecule has 1 fully saturated rings. The van der Waals surface area contributed by atoms with Crippen LogP contribution in [0.4, 0.5) is 0 Å². The molecule has 0 N–H and O–H groups in total. The fourth-order valence-corrected chi connectivity index (χ4v) is 3.31. The summed E-state index contributed by atoms with van der Waals surface area (Å²) in [6.45, 7) is 6.91. The molecule has 0 saturated heterocycles. The van der Waals surface area contributed by atoms with E-state index in [1.165, 1.54) is 29.7 Å². The van der Waals surface area contributed by atoms with E-state index >= 15 is 0 Å². The van der Waals surface area contributed by atoms with Crippen molar-refractivity contribution in [1.82, 2.24) is 0 Å². The molecule has 1 nitrogen and oxygen atoms in total. The average molecular weight is 213 g/mol. The first kappa shape index (κ1) is 10.1. The molecular formula is C15H19N. The third-order valence-corrected chi connectivity index (χ3v) is 4.85. The van der Waals surface area contributed by atoms with Crippen LogP contribution in [0, 0.1) is 0 Å². The Balaban J connectivity index is 2.26. The third-order valence-electron chi connectivity index (χ3n) is 4.85. The van der Waals surface area contributed by atoms with Crippen molar-refractivity contribution in [3.8, 4) is 0 Å². The Morgan fingerprint density at radius 2 is 1.94 bits per heavy atom. The molecule has 1 aliphatic heterocycles. The number of rotatable bonds is 1. The summed E-state index contributed by atoms with van der Waals surface area (Å²) < 4.78 is 0. The van der Waals surface area contributed by atoms with Gasteiger partial charge in [0.1, 0.15) is 0 Å². The first-order chi connectivity index (χ1) is 7.61. The summed E-state index contributed by atoms with van der Waals surface area (Å²) in [7, 11) is 0. The fourth-order valence-electron chi connectivity index (χ4n) is 3.31. The molecule has 1 saturated carbocycles. The van der Waals surface area contributed by atoms with Gasteiger partial charge >= 0.3 is 0 Å². The van der Waals surface area contributed by atoms with Crippen LogP contribution in [-0.2, 0) is 5.41 Å². The van der Waals surface area contributed by atoms with Crippen molar-refractivity contribution in [3.05, 3.63) is 35.4 Å². The van der Waals surface area contributed by atoms with Gasteiger partial charge in [0.25, 0.3) is 0 Å². The van der Waals surface area contributed by atoms with Gasteiger partial charge in [0.2, 0.25) is 0 Å². The molecule has 2 unspecified atom stereocenters. The van der Waals surface area contributed by atoms with Gasteiger partial charge in [-0.25, -0.2) is 0 Å². The lowest BCUT2D eigenvalue weighted by atomic mass is 9.51. The second-order valence-corrected chi connectivity index (χ2v) is 5.56. The first-order valence-corrected chi connectivity index (χ1v) is 6.29. The van der Waals surface area contributed by atoms with Crippen LogP contribution in [0.2, 0.25) is 0 Å². The van der Waals surface area contributed by atoms with Crippen molar-refractivity contribution < 1.29 is 0 Å². The van der Waals surface area contributed by atoms with Crippen LogP contribution in [0.5, 0.6) is 0 Å². The quantitative estimate of drug-likeness (QED) is 0.674. The largest absolute Gasteiger partial charge is 0.282 e. The van der Waals surface area contributed by atoms with E-state index < -0.39 is 0 Å². The van der Waals surface area contributed by atoms with Crippen molar-refractivity contribution in [2.45, 2.75) is 51.0 Å². The van der Waals surface area contributed by atoms with E-state index in [0.29, 0.717) is 0 Å². The highest BCUT2D eigenvalue weighted by Crippen LogP contribution is 2.56. The molecule has 1 aliphatic carbocycles. The predicted molar refractivity (Wildman–Crippen MR) is 68.3 cm³/mol. The molecule has 2 atom stereocenters. The van der Waals surface area contributed by atoms with Crippen LogP contribution in [0.1, 0.15) is 51.2 Å². The minimum Gasteiger partial charge on any atom is -0.282 e. The number of hydrogen-bond acceptors (Lipinski definition) is 1. The molecular weight excluding hydrogens is 194 g/mol. The molecule has 3 rings (SSSR count). The third kappa shape index (κ3) is 0.991. The maximum Gasteiger partial charge on any atom is 0.0677 e. The van der Waals surface area contributed by atoms with Gasteiger partial charge < -0.3 is 0 Å². The molecule has 0 bridgehead atoms. The Kier molecular flexibility index (Phi) is 1.87. The minimum atomic E-state index is 0.159. The molecule has 1 heterocycles. The van der Waals surface area contributed by atoms with Gasteiger partial charge in [-0.2, -0.15) is 0 Å². The van der Waals surface area contributed by atoms with E-state index in [0.717, 1.165) is 6.42 Å². The summed E-state index contributed by atoms with van der Waals surface area (Å²) in [4.78, 5) is 5.03. The minimum absolute atomic E-state index is 0.159. The van der Waals surface area contributed by atoms with Gasteiger partial charge in [-0.3, -0.25) is 4.99 Å². The highest BCUT2D eigenvalue weighted by atomic mass is 15.0. The average Bonchev–Trinajstić information content (AvgIpc) is 2.32. The standard InChI is InChI=1S/C15H19N/c1-4-13-11-7-5-6-8-12(11)14(2)9-10-15(14,3)16-13/h5-8H,4,9-10H2,1-3H3. The molecule has 1 heteroatoms. The van der Waals surface area contributed by atoms with E-state index in [9.17, 15) is 0 Å². The summed E-state index contributed by atoms with van der Waals surface area (Å²) in [6.07, 6.45) is 3.56. The highest BCUT2D eigenvalue weighted by molar-refractivity contribution is 6.03. The molecule has 0 amide bonds. The van der Waals surface area contributed by atoms with Gasteiger partial charge in [-0.05, 0) is 37.3 Å². The number of nitrogens with zero attached hydrogens (tertiary/aromatic N) is 1. The molecule has 16 heavy (non-hydrogen) atoms. The van der Waals surface area contributed by atoms with Crippen molar-refractivity contribution in [3.63, 3.8) is 0 Å². The van der Waals surface area contributed by atoms with Crippen LogP contribution in [-0.4, -0.2) is 11.3 Å². The summed E-state index contributed by atoms with van der Waals surface area (Å²) in [5.41, 5.74) is 4.66. The van der Waals surface area contributed by atoms with Crippen molar-refractivity contribution >= 4 is 5.71 Å². The Labute approximate surface area is 97.6 Å². The van der Waals surface area contributed by atoms with Crippen molar-refractivity contribution in [2.75, 3.05) is 0 Å². The number of fused-ring (bicyclic) bond motifs is 3. The fraction of sp³-hybridized carbons (Fsp3) is 0.533. The van der Waals surface area contributed by atoms with Crippen LogP contribution in [0.25, 0.3) is 0 Å².